The predicted molar refractivity (Wildman–Crippen MR) is 50.0 cm³/mol. The normalized spacial score (nSPS) is 12.0. The van der Waals surface area contributed by atoms with E-state index in [1.165, 1.54) is 10.4 Å². The summed E-state index contributed by atoms with van der Waals surface area (Å²) in [5.74, 6) is 0. The van der Waals surface area contributed by atoms with Crippen molar-refractivity contribution in [2.45, 2.75) is 34.1 Å². The number of aryl methyl sites for hydroxylation is 1. The molecule has 0 aliphatic rings. The molecule has 0 unspecified atom stereocenters. The third kappa shape index (κ3) is 2.62. The van der Waals surface area contributed by atoms with Crippen molar-refractivity contribution in [3.63, 3.8) is 0 Å². The van der Waals surface area contributed by atoms with Crippen LogP contribution in [0.3, 0.4) is 0 Å². The van der Waals surface area contributed by atoms with Gasteiger partial charge in [0, 0.05) is 11.1 Å². The minimum atomic E-state index is 0.386. The van der Waals surface area contributed by atoms with Crippen LogP contribution in [-0.2, 0) is 6.42 Å². The smallest absolute Gasteiger partial charge is 0.0438 e. The van der Waals surface area contributed by atoms with E-state index in [2.05, 4.69) is 32.1 Å². The molecule has 0 bridgehead atoms. The third-order valence-electron chi connectivity index (χ3n) is 1.54. The largest absolute Gasteiger partial charge is 0.201 e. The highest BCUT2D eigenvalue weighted by molar-refractivity contribution is 7.05. The van der Waals surface area contributed by atoms with Crippen molar-refractivity contribution < 1.29 is 0 Å². The molecule has 0 spiro atoms. The summed E-state index contributed by atoms with van der Waals surface area (Å²) in [5.41, 5.74) is 1.72. The Morgan fingerprint density at radius 3 is 2.45 bits per heavy atom. The van der Waals surface area contributed by atoms with Crippen LogP contribution in [0, 0.1) is 12.3 Å². The van der Waals surface area contributed by atoms with Crippen molar-refractivity contribution >= 4 is 11.5 Å². The van der Waals surface area contributed by atoms with Gasteiger partial charge in [0.15, 0.2) is 0 Å². The van der Waals surface area contributed by atoms with Crippen LogP contribution in [0.15, 0.2) is 6.20 Å². The van der Waals surface area contributed by atoms with Crippen molar-refractivity contribution in [1.82, 2.24) is 4.37 Å². The van der Waals surface area contributed by atoms with Gasteiger partial charge in [-0.2, -0.15) is 0 Å². The van der Waals surface area contributed by atoms with Crippen LogP contribution < -0.4 is 0 Å². The van der Waals surface area contributed by atoms with Gasteiger partial charge in [0.2, 0.25) is 0 Å². The van der Waals surface area contributed by atoms with Gasteiger partial charge >= 0.3 is 0 Å². The zero-order valence-electron chi connectivity index (χ0n) is 7.64. The van der Waals surface area contributed by atoms with Crippen molar-refractivity contribution in [1.29, 1.82) is 0 Å². The van der Waals surface area contributed by atoms with Gasteiger partial charge in [-0.1, -0.05) is 20.8 Å². The van der Waals surface area contributed by atoms with Crippen LogP contribution in [-0.4, -0.2) is 4.37 Å². The van der Waals surface area contributed by atoms with Crippen molar-refractivity contribution in [2.24, 2.45) is 5.41 Å². The summed E-state index contributed by atoms with van der Waals surface area (Å²) in [6.07, 6.45) is 3.09. The van der Waals surface area contributed by atoms with Gasteiger partial charge in [0.05, 0.1) is 0 Å². The second-order valence-electron chi connectivity index (χ2n) is 4.17. The molecule has 1 aromatic rings. The molecule has 0 aliphatic heterocycles. The van der Waals surface area contributed by atoms with E-state index in [1.54, 1.807) is 11.5 Å². The fourth-order valence-corrected chi connectivity index (χ4v) is 2.00. The summed E-state index contributed by atoms with van der Waals surface area (Å²) < 4.78 is 4.15. The number of aromatic nitrogens is 1. The summed E-state index contributed by atoms with van der Waals surface area (Å²) in [7, 11) is 0. The minimum Gasteiger partial charge on any atom is -0.201 e. The predicted octanol–water partition coefficient (Wildman–Crippen LogP) is 3.04. The lowest BCUT2D eigenvalue weighted by molar-refractivity contribution is 0.414. The maximum absolute atomic E-state index is 4.15. The summed E-state index contributed by atoms with van der Waals surface area (Å²) in [6, 6.07) is 0. The molecule has 0 saturated carbocycles. The van der Waals surface area contributed by atoms with E-state index >= 15 is 0 Å². The lowest BCUT2D eigenvalue weighted by Crippen LogP contribution is -2.08. The molecule has 1 nitrogen and oxygen atoms in total. The highest BCUT2D eigenvalue weighted by Gasteiger charge is 2.13. The average Bonchev–Trinajstić information content (AvgIpc) is 2.12. The van der Waals surface area contributed by atoms with Crippen molar-refractivity contribution in [3.05, 3.63) is 16.6 Å². The lowest BCUT2D eigenvalue weighted by Gasteiger charge is -2.16. The standard InChI is InChI=1S/C9H15NS/c1-7-6-10-11-8(7)5-9(2,3)4/h6H,5H2,1-4H3. The van der Waals surface area contributed by atoms with Crippen LogP contribution in [0.1, 0.15) is 31.2 Å². The topological polar surface area (TPSA) is 12.9 Å². The molecular weight excluding hydrogens is 154 g/mol. The molecule has 0 N–H and O–H groups in total. The molecule has 1 rings (SSSR count). The molecule has 62 valence electrons. The Kier molecular flexibility index (Phi) is 2.33. The zero-order chi connectivity index (χ0) is 8.48. The molecule has 0 radical (unpaired) electrons. The highest BCUT2D eigenvalue weighted by atomic mass is 32.1. The van der Waals surface area contributed by atoms with Crippen LogP contribution in [0.2, 0.25) is 0 Å². The fourth-order valence-electron chi connectivity index (χ4n) is 0.966. The minimum absolute atomic E-state index is 0.386. The van der Waals surface area contributed by atoms with E-state index in [1.807, 2.05) is 6.20 Å². The highest BCUT2D eigenvalue weighted by Crippen LogP contribution is 2.24. The van der Waals surface area contributed by atoms with E-state index < -0.39 is 0 Å². The van der Waals surface area contributed by atoms with E-state index in [0.717, 1.165) is 6.42 Å². The molecule has 0 fully saturated rings. The summed E-state index contributed by atoms with van der Waals surface area (Å²) in [4.78, 5) is 1.43. The third-order valence-corrected chi connectivity index (χ3v) is 2.44. The Morgan fingerprint density at radius 1 is 1.45 bits per heavy atom. The molecule has 0 aliphatic carbocycles. The van der Waals surface area contributed by atoms with E-state index in [4.69, 9.17) is 0 Å². The maximum Gasteiger partial charge on any atom is 0.0438 e. The quantitative estimate of drug-likeness (QED) is 0.629. The second-order valence-corrected chi connectivity index (χ2v) is 5.06. The molecule has 0 saturated heterocycles. The monoisotopic (exact) mass is 169 g/mol. The summed E-state index contributed by atoms with van der Waals surface area (Å²) in [5, 5.41) is 0. The van der Waals surface area contributed by atoms with Crippen LogP contribution in [0.5, 0.6) is 0 Å². The van der Waals surface area contributed by atoms with E-state index in [-0.39, 0.29) is 0 Å². The Hall–Kier alpha value is -0.370. The molecule has 0 aromatic carbocycles. The molecule has 0 amide bonds. The fraction of sp³-hybridized carbons (Fsp3) is 0.667. The van der Waals surface area contributed by atoms with Gasteiger partial charge in [-0.25, -0.2) is 4.37 Å². The lowest BCUT2D eigenvalue weighted by atomic mass is 9.91. The van der Waals surface area contributed by atoms with Gasteiger partial charge in [-0.15, -0.1) is 0 Å². The first-order valence-corrected chi connectivity index (χ1v) is 4.66. The Bertz CT molecular complexity index is 232. The van der Waals surface area contributed by atoms with Gasteiger partial charge in [0.25, 0.3) is 0 Å². The number of rotatable bonds is 1. The first kappa shape index (κ1) is 8.72. The zero-order valence-corrected chi connectivity index (χ0v) is 8.46. The first-order valence-electron chi connectivity index (χ1n) is 3.89. The molecule has 11 heavy (non-hydrogen) atoms. The molecule has 0 atom stereocenters. The Balaban J connectivity index is 2.72. The first-order chi connectivity index (χ1) is 4.99. The number of hydrogen-bond acceptors (Lipinski definition) is 2. The number of hydrogen-bond donors (Lipinski definition) is 0. The summed E-state index contributed by atoms with van der Waals surface area (Å²) in [6.45, 7) is 8.90. The molecular formula is C9H15NS. The van der Waals surface area contributed by atoms with Crippen LogP contribution in [0.4, 0.5) is 0 Å². The Labute approximate surface area is 72.6 Å². The van der Waals surface area contributed by atoms with Crippen LogP contribution in [0.25, 0.3) is 0 Å². The number of nitrogens with zero attached hydrogens (tertiary/aromatic N) is 1. The average molecular weight is 169 g/mol. The van der Waals surface area contributed by atoms with Gasteiger partial charge in [-0.05, 0) is 35.9 Å². The maximum atomic E-state index is 4.15. The van der Waals surface area contributed by atoms with Gasteiger partial charge < -0.3 is 0 Å². The molecule has 2 heteroatoms. The van der Waals surface area contributed by atoms with Gasteiger partial charge in [0.1, 0.15) is 0 Å². The van der Waals surface area contributed by atoms with E-state index in [9.17, 15) is 0 Å². The van der Waals surface area contributed by atoms with E-state index in [0.29, 0.717) is 5.41 Å². The summed E-state index contributed by atoms with van der Waals surface area (Å²) >= 11 is 1.63. The van der Waals surface area contributed by atoms with Crippen LogP contribution >= 0.6 is 11.5 Å². The SMILES string of the molecule is Cc1cnsc1CC(C)(C)C. The van der Waals surface area contributed by atoms with Crippen molar-refractivity contribution in [3.8, 4) is 0 Å². The second kappa shape index (κ2) is 2.94. The molecule has 1 heterocycles. The van der Waals surface area contributed by atoms with Gasteiger partial charge in [-0.3, -0.25) is 0 Å². The molecule has 1 aromatic heterocycles. The van der Waals surface area contributed by atoms with Crippen molar-refractivity contribution in [2.75, 3.05) is 0 Å². The Morgan fingerprint density at radius 2 is 2.09 bits per heavy atom.